The summed E-state index contributed by atoms with van der Waals surface area (Å²) < 4.78 is 52.4. The van der Waals surface area contributed by atoms with Crippen molar-refractivity contribution in [2.75, 3.05) is 33.2 Å². The zero-order valence-corrected chi connectivity index (χ0v) is 12.8. The number of carbonyl (C=O) groups is 1. The lowest BCUT2D eigenvalue weighted by Crippen LogP contribution is -2.40. The Morgan fingerprint density at radius 3 is 2.50 bits per heavy atom. The van der Waals surface area contributed by atoms with Crippen molar-refractivity contribution < 1.29 is 22.0 Å². The number of benzene rings is 1. The number of likely N-dealkylation sites (N-methyl/N-ethyl adjacent to an activating group) is 1. The first-order valence-corrected chi connectivity index (χ1v) is 8.09. The van der Waals surface area contributed by atoms with Gasteiger partial charge in [0.25, 0.3) is 0 Å². The van der Waals surface area contributed by atoms with Crippen LogP contribution in [-0.2, 0) is 14.8 Å². The highest BCUT2D eigenvalue weighted by atomic mass is 32.2. The van der Waals surface area contributed by atoms with Crippen molar-refractivity contribution in [1.29, 1.82) is 0 Å². The summed E-state index contributed by atoms with van der Waals surface area (Å²) in [5.74, 6) is -3.61. The topological polar surface area (TPSA) is 83.7 Å². The Bertz CT molecular complexity index is 681. The third kappa shape index (κ3) is 3.42. The highest BCUT2D eigenvalue weighted by Gasteiger charge is 2.32. The van der Waals surface area contributed by atoms with Crippen LogP contribution in [0.2, 0.25) is 0 Å². The van der Waals surface area contributed by atoms with Crippen LogP contribution in [0.3, 0.4) is 0 Å². The summed E-state index contributed by atoms with van der Waals surface area (Å²) in [5, 5.41) is 0. The summed E-state index contributed by atoms with van der Waals surface area (Å²) in [6.45, 7) is 0.814. The van der Waals surface area contributed by atoms with E-state index < -0.39 is 33.5 Å². The summed E-state index contributed by atoms with van der Waals surface area (Å²) in [7, 11) is -2.27. The van der Waals surface area contributed by atoms with Crippen molar-refractivity contribution in [3.63, 3.8) is 0 Å². The Balaban J connectivity index is 2.34. The van der Waals surface area contributed by atoms with E-state index in [1.54, 1.807) is 11.9 Å². The van der Waals surface area contributed by atoms with Crippen molar-refractivity contribution in [3.8, 4) is 0 Å². The van der Waals surface area contributed by atoms with Crippen LogP contribution in [0.25, 0.3) is 0 Å². The molecule has 2 rings (SSSR count). The molecule has 1 saturated heterocycles. The largest absolute Gasteiger partial charge is 0.369 e. The van der Waals surface area contributed by atoms with Crippen LogP contribution in [0.1, 0.15) is 0 Å². The van der Waals surface area contributed by atoms with Gasteiger partial charge in [-0.15, -0.1) is 0 Å². The van der Waals surface area contributed by atoms with Crippen LogP contribution in [-0.4, -0.2) is 56.8 Å². The number of amides is 1. The summed E-state index contributed by atoms with van der Waals surface area (Å²) in [6.07, 6.45) is 0. The SMILES string of the molecule is CN1CCN(S(=O)(=O)c2ccc(F)c(F)c2)CC(C(N)=O)C1. The first-order chi connectivity index (χ1) is 10.2. The molecule has 22 heavy (non-hydrogen) atoms. The molecule has 1 heterocycles. The molecule has 0 aromatic heterocycles. The highest BCUT2D eigenvalue weighted by molar-refractivity contribution is 7.89. The zero-order valence-electron chi connectivity index (χ0n) is 12.0. The molecule has 1 aliphatic heterocycles. The van der Waals surface area contributed by atoms with Crippen LogP contribution in [0.4, 0.5) is 8.78 Å². The van der Waals surface area contributed by atoms with Crippen molar-refractivity contribution in [2.45, 2.75) is 4.90 Å². The lowest BCUT2D eigenvalue weighted by atomic mass is 10.1. The smallest absolute Gasteiger partial charge is 0.243 e. The molecule has 1 aromatic carbocycles. The third-order valence-electron chi connectivity index (χ3n) is 3.62. The minimum Gasteiger partial charge on any atom is -0.369 e. The zero-order chi connectivity index (χ0) is 16.5. The van der Waals surface area contributed by atoms with Gasteiger partial charge in [0.1, 0.15) is 0 Å². The van der Waals surface area contributed by atoms with Crippen LogP contribution in [0, 0.1) is 17.6 Å². The van der Waals surface area contributed by atoms with Crippen molar-refractivity contribution in [3.05, 3.63) is 29.8 Å². The first kappa shape index (κ1) is 16.8. The summed E-state index contributed by atoms with van der Waals surface area (Å²) in [4.78, 5) is 12.9. The average molecular weight is 333 g/mol. The Kier molecular flexibility index (Phi) is 4.78. The third-order valence-corrected chi connectivity index (χ3v) is 5.48. The Hall–Kier alpha value is -1.58. The molecular weight excluding hydrogens is 316 g/mol. The second kappa shape index (κ2) is 6.27. The molecule has 1 aromatic rings. The molecule has 1 aliphatic rings. The van der Waals surface area contributed by atoms with Gasteiger partial charge in [-0.3, -0.25) is 4.79 Å². The van der Waals surface area contributed by atoms with E-state index in [4.69, 9.17) is 5.73 Å². The second-order valence-electron chi connectivity index (χ2n) is 5.30. The quantitative estimate of drug-likeness (QED) is 0.844. The molecule has 2 N–H and O–H groups in total. The molecule has 0 radical (unpaired) electrons. The van der Waals surface area contributed by atoms with Gasteiger partial charge in [-0.2, -0.15) is 4.31 Å². The molecule has 0 saturated carbocycles. The predicted molar refractivity (Wildman–Crippen MR) is 75.3 cm³/mol. The second-order valence-corrected chi connectivity index (χ2v) is 7.24. The van der Waals surface area contributed by atoms with Crippen LogP contribution < -0.4 is 5.73 Å². The molecule has 9 heteroatoms. The Morgan fingerprint density at radius 2 is 1.91 bits per heavy atom. The number of sulfonamides is 1. The molecular formula is C13H17F2N3O3S. The molecule has 1 unspecified atom stereocenters. The highest BCUT2D eigenvalue weighted by Crippen LogP contribution is 2.21. The van der Waals surface area contributed by atoms with Gasteiger partial charge in [-0.1, -0.05) is 0 Å². The van der Waals surface area contributed by atoms with Crippen molar-refractivity contribution in [2.24, 2.45) is 11.7 Å². The van der Waals surface area contributed by atoms with Crippen LogP contribution in [0.15, 0.2) is 23.1 Å². The van der Waals surface area contributed by atoms with Gasteiger partial charge in [0.15, 0.2) is 11.6 Å². The standard InChI is InChI=1S/C13H17F2N3O3S/c1-17-4-5-18(8-9(7-17)13(16)19)22(20,21)10-2-3-11(14)12(15)6-10/h2-3,6,9H,4-5,7-8H2,1H3,(H2,16,19). The van der Waals surface area contributed by atoms with Crippen LogP contribution >= 0.6 is 0 Å². The Labute approximate surface area is 127 Å². The predicted octanol–water partition coefficient (Wildman–Crippen LogP) is 0.00240. The number of nitrogens with zero attached hydrogens (tertiary/aromatic N) is 2. The monoisotopic (exact) mass is 333 g/mol. The van der Waals surface area contributed by atoms with E-state index in [9.17, 15) is 22.0 Å². The number of carbonyl (C=O) groups excluding carboxylic acids is 1. The maximum atomic E-state index is 13.3. The van der Waals surface area contributed by atoms with Gasteiger partial charge in [-0.05, 0) is 25.2 Å². The lowest BCUT2D eigenvalue weighted by molar-refractivity contribution is -0.122. The van der Waals surface area contributed by atoms with E-state index in [1.165, 1.54) is 0 Å². The number of hydrogen-bond donors (Lipinski definition) is 1. The van der Waals surface area contributed by atoms with Gasteiger partial charge >= 0.3 is 0 Å². The normalized spacial score (nSPS) is 21.5. The average Bonchev–Trinajstić information content (AvgIpc) is 2.64. The maximum Gasteiger partial charge on any atom is 0.243 e. The van der Waals surface area contributed by atoms with Crippen molar-refractivity contribution in [1.82, 2.24) is 9.21 Å². The minimum absolute atomic E-state index is 0.0823. The molecule has 0 aliphatic carbocycles. The summed E-state index contributed by atoms with van der Waals surface area (Å²) in [6, 6.07) is 2.40. The summed E-state index contributed by atoms with van der Waals surface area (Å²) in [5.41, 5.74) is 5.29. The first-order valence-electron chi connectivity index (χ1n) is 6.65. The molecule has 122 valence electrons. The Morgan fingerprint density at radius 1 is 1.23 bits per heavy atom. The van der Waals surface area contributed by atoms with Gasteiger partial charge in [-0.25, -0.2) is 17.2 Å². The van der Waals surface area contributed by atoms with Gasteiger partial charge in [0.2, 0.25) is 15.9 Å². The minimum atomic E-state index is -4.02. The van der Waals surface area contributed by atoms with Gasteiger partial charge in [0.05, 0.1) is 10.8 Å². The van der Waals surface area contributed by atoms with Crippen LogP contribution in [0.5, 0.6) is 0 Å². The molecule has 0 bridgehead atoms. The fourth-order valence-corrected chi connectivity index (χ4v) is 3.82. The number of rotatable bonds is 3. The molecule has 1 fully saturated rings. The van der Waals surface area contributed by atoms with Crippen molar-refractivity contribution >= 4 is 15.9 Å². The molecule has 1 amide bonds. The molecule has 1 atom stereocenters. The van der Waals surface area contributed by atoms with E-state index in [0.29, 0.717) is 19.2 Å². The van der Waals surface area contributed by atoms with E-state index >= 15 is 0 Å². The van der Waals surface area contributed by atoms with Gasteiger partial charge in [0, 0.05) is 26.2 Å². The summed E-state index contributed by atoms with van der Waals surface area (Å²) >= 11 is 0. The fraction of sp³-hybridized carbons (Fsp3) is 0.462. The number of primary amides is 1. The van der Waals surface area contributed by atoms with E-state index in [-0.39, 0.29) is 18.0 Å². The molecule has 6 nitrogen and oxygen atoms in total. The molecule has 0 spiro atoms. The van der Waals surface area contributed by atoms with Gasteiger partial charge < -0.3 is 10.6 Å². The number of hydrogen-bond acceptors (Lipinski definition) is 4. The number of halogens is 2. The van der Waals surface area contributed by atoms with E-state index in [0.717, 1.165) is 16.4 Å². The fourth-order valence-electron chi connectivity index (χ4n) is 2.33. The van der Waals surface area contributed by atoms with E-state index in [2.05, 4.69) is 0 Å². The number of nitrogens with two attached hydrogens (primary N) is 1. The maximum absolute atomic E-state index is 13.3. The van der Waals surface area contributed by atoms with E-state index in [1.807, 2.05) is 0 Å². The lowest BCUT2D eigenvalue weighted by Gasteiger charge is -2.22.